The predicted molar refractivity (Wildman–Crippen MR) is 123 cm³/mol. The Morgan fingerprint density at radius 2 is 2.00 bits per heavy atom. The number of rotatable bonds is 6. The van der Waals surface area contributed by atoms with Gasteiger partial charge in [0.2, 0.25) is 0 Å². The molecule has 0 unspecified atom stereocenters. The van der Waals surface area contributed by atoms with Crippen molar-refractivity contribution in [2.24, 2.45) is 4.99 Å². The topological polar surface area (TPSA) is 67.1 Å². The summed E-state index contributed by atoms with van der Waals surface area (Å²) in [6, 6.07) is 7.91. The second-order valence-electron chi connectivity index (χ2n) is 6.15. The number of nitrogens with one attached hydrogen (secondary N) is 2. The molecule has 0 saturated heterocycles. The van der Waals surface area contributed by atoms with Crippen LogP contribution in [0, 0.1) is 0 Å². The van der Waals surface area contributed by atoms with Crippen LogP contribution in [-0.4, -0.2) is 40.1 Å². The van der Waals surface area contributed by atoms with E-state index in [2.05, 4.69) is 30.4 Å². The number of hydrogen-bond acceptors (Lipinski definition) is 4. The SMILES string of the molecule is CN=C(NCCSc1ccc(Cl)cc1)NCc1nnc2n1CCCCC2.I. The minimum Gasteiger partial charge on any atom is -0.356 e. The van der Waals surface area contributed by atoms with Crippen molar-refractivity contribution >= 4 is 53.3 Å². The van der Waals surface area contributed by atoms with E-state index in [0.717, 1.165) is 47.9 Å². The molecule has 3 rings (SSSR count). The van der Waals surface area contributed by atoms with Crippen molar-refractivity contribution in [3.05, 3.63) is 40.9 Å². The first-order valence-corrected chi connectivity index (χ1v) is 10.4. The number of nitrogens with zero attached hydrogens (tertiary/aromatic N) is 4. The van der Waals surface area contributed by atoms with Gasteiger partial charge in [0.1, 0.15) is 5.82 Å². The maximum absolute atomic E-state index is 5.91. The molecule has 1 aromatic heterocycles. The van der Waals surface area contributed by atoms with Crippen molar-refractivity contribution in [3.63, 3.8) is 0 Å². The summed E-state index contributed by atoms with van der Waals surface area (Å²) in [7, 11) is 1.78. The van der Waals surface area contributed by atoms with Crippen LogP contribution < -0.4 is 10.6 Å². The van der Waals surface area contributed by atoms with Crippen molar-refractivity contribution in [1.29, 1.82) is 0 Å². The van der Waals surface area contributed by atoms with E-state index in [1.54, 1.807) is 18.8 Å². The molecule has 1 aromatic carbocycles. The molecule has 0 atom stereocenters. The van der Waals surface area contributed by atoms with E-state index in [4.69, 9.17) is 11.6 Å². The zero-order valence-electron chi connectivity index (χ0n) is 15.4. The number of thioether (sulfide) groups is 1. The van der Waals surface area contributed by atoms with E-state index in [-0.39, 0.29) is 24.0 Å². The van der Waals surface area contributed by atoms with E-state index in [1.165, 1.54) is 24.2 Å². The lowest BCUT2D eigenvalue weighted by atomic mass is 10.2. The number of halogens is 2. The molecule has 0 amide bonds. The maximum atomic E-state index is 5.91. The van der Waals surface area contributed by atoms with E-state index >= 15 is 0 Å². The lowest BCUT2D eigenvalue weighted by Gasteiger charge is -2.12. The summed E-state index contributed by atoms with van der Waals surface area (Å²) in [5, 5.41) is 16.1. The number of hydrogen-bond donors (Lipinski definition) is 2. The van der Waals surface area contributed by atoms with Crippen molar-refractivity contribution in [2.45, 2.75) is 43.7 Å². The minimum absolute atomic E-state index is 0. The summed E-state index contributed by atoms with van der Waals surface area (Å²) in [4.78, 5) is 5.50. The highest BCUT2D eigenvalue weighted by Gasteiger charge is 2.14. The van der Waals surface area contributed by atoms with Crippen molar-refractivity contribution in [2.75, 3.05) is 19.3 Å². The van der Waals surface area contributed by atoms with Crippen LogP contribution >= 0.6 is 47.3 Å². The standard InChI is InChI=1S/C18H25ClN6S.HI/c1-20-18(21-10-12-26-15-8-6-14(19)7-9-15)22-13-17-24-23-16-5-3-2-4-11-25(16)17;/h6-9H,2-5,10-13H2,1H3,(H2,20,21,22);1H. The minimum atomic E-state index is 0. The third-order valence-corrected chi connectivity index (χ3v) is 5.57. The summed E-state index contributed by atoms with van der Waals surface area (Å²) < 4.78 is 2.25. The fourth-order valence-electron chi connectivity index (χ4n) is 2.93. The van der Waals surface area contributed by atoms with Gasteiger partial charge in [0.25, 0.3) is 0 Å². The van der Waals surface area contributed by atoms with Gasteiger partial charge < -0.3 is 15.2 Å². The molecule has 0 saturated carbocycles. The van der Waals surface area contributed by atoms with Crippen LogP contribution in [0.25, 0.3) is 0 Å². The van der Waals surface area contributed by atoms with Gasteiger partial charge in [0, 0.05) is 42.2 Å². The maximum Gasteiger partial charge on any atom is 0.191 e. The van der Waals surface area contributed by atoms with E-state index < -0.39 is 0 Å². The van der Waals surface area contributed by atoms with Crippen molar-refractivity contribution < 1.29 is 0 Å². The molecule has 0 aliphatic carbocycles. The lowest BCUT2D eigenvalue weighted by Crippen LogP contribution is -2.38. The van der Waals surface area contributed by atoms with Gasteiger partial charge in [-0.15, -0.1) is 45.9 Å². The van der Waals surface area contributed by atoms with Crippen LogP contribution in [0.1, 0.15) is 30.9 Å². The van der Waals surface area contributed by atoms with Crippen LogP contribution in [0.4, 0.5) is 0 Å². The largest absolute Gasteiger partial charge is 0.356 e. The van der Waals surface area contributed by atoms with Gasteiger partial charge in [-0.05, 0) is 37.1 Å². The molecule has 2 N–H and O–H groups in total. The van der Waals surface area contributed by atoms with Crippen LogP contribution in [0.15, 0.2) is 34.2 Å². The Labute approximate surface area is 187 Å². The molecule has 0 radical (unpaired) electrons. The molecular formula is C18H26ClIN6S. The lowest BCUT2D eigenvalue weighted by molar-refractivity contribution is 0.597. The van der Waals surface area contributed by atoms with Crippen LogP contribution in [0.5, 0.6) is 0 Å². The number of benzene rings is 1. The second kappa shape index (κ2) is 11.8. The Balaban J connectivity index is 0.00000261. The van der Waals surface area contributed by atoms with Crippen LogP contribution in [0.3, 0.4) is 0 Å². The van der Waals surface area contributed by atoms with Gasteiger partial charge >= 0.3 is 0 Å². The molecule has 1 aliphatic rings. The fraction of sp³-hybridized carbons (Fsp3) is 0.500. The molecule has 0 spiro atoms. The average molecular weight is 521 g/mol. The quantitative estimate of drug-likeness (QED) is 0.200. The van der Waals surface area contributed by atoms with E-state index in [1.807, 2.05) is 24.3 Å². The third-order valence-electron chi connectivity index (χ3n) is 4.30. The number of aliphatic imine (C=N–C) groups is 1. The zero-order chi connectivity index (χ0) is 18.2. The summed E-state index contributed by atoms with van der Waals surface area (Å²) in [5.74, 6) is 3.83. The molecule has 27 heavy (non-hydrogen) atoms. The summed E-state index contributed by atoms with van der Waals surface area (Å²) in [6.07, 6.45) is 4.71. The molecule has 1 aliphatic heterocycles. The predicted octanol–water partition coefficient (Wildman–Crippen LogP) is 3.73. The summed E-state index contributed by atoms with van der Waals surface area (Å²) in [6.45, 7) is 2.48. The second-order valence-corrected chi connectivity index (χ2v) is 7.75. The number of aryl methyl sites for hydroxylation is 1. The molecule has 2 heterocycles. The van der Waals surface area contributed by atoms with Gasteiger partial charge in [-0.2, -0.15) is 0 Å². The normalized spacial score (nSPS) is 14.1. The van der Waals surface area contributed by atoms with Gasteiger partial charge in [0.15, 0.2) is 11.8 Å². The Morgan fingerprint density at radius 1 is 1.19 bits per heavy atom. The highest BCUT2D eigenvalue weighted by atomic mass is 127. The highest BCUT2D eigenvalue weighted by Crippen LogP contribution is 2.19. The van der Waals surface area contributed by atoms with Gasteiger partial charge in [0.05, 0.1) is 6.54 Å². The van der Waals surface area contributed by atoms with Crippen molar-refractivity contribution in [1.82, 2.24) is 25.4 Å². The smallest absolute Gasteiger partial charge is 0.191 e. The third kappa shape index (κ3) is 6.83. The number of guanidine groups is 1. The zero-order valence-corrected chi connectivity index (χ0v) is 19.4. The molecular weight excluding hydrogens is 495 g/mol. The van der Waals surface area contributed by atoms with Gasteiger partial charge in [-0.1, -0.05) is 18.0 Å². The Kier molecular flexibility index (Phi) is 9.70. The first kappa shape index (κ1) is 22.3. The van der Waals surface area contributed by atoms with Gasteiger partial charge in [-0.25, -0.2) is 0 Å². The molecule has 2 aromatic rings. The molecule has 6 nitrogen and oxygen atoms in total. The first-order chi connectivity index (χ1) is 12.8. The number of fused-ring (bicyclic) bond motifs is 1. The Bertz CT molecular complexity index is 734. The van der Waals surface area contributed by atoms with Crippen LogP contribution in [0.2, 0.25) is 5.02 Å². The molecule has 9 heteroatoms. The highest BCUT2D eigenvalue weighted by molar-refractivity contribution is 14.0. The summed E-state index contributed by atoms with van der Waals surface area (Å²) in [5.41, 5.74) is 0. The molecule has 148 valence electrons. The molecule has 0 fully saturated rings. The van der Waals surface area contributed by atoms with E-state index in [9.17, 15) is 0 Å². The number of aromatic nitrogens is 3. The van der Waals surface area contributed by atoms with Crippen molar-refractivity contribution in [3.8, 4) is 0 Å². The van der Waals surface area contributed by atoms with E-state index in [0.29, 0.717) is 6.54 Å². The average Bonchev–Trinajstić information content (AvgIpc) is 2.89. The first-order valence-electron chi connectivity index (χ1n) is 9.00. The Morgan fingerprint density at radius 3 is 2.78 bits per heavy atom. The molecule has 0 bridgehead atoms. The van der Waals surface area contributed by atoms with Gasteiger partial charge in [-0.3, -0.25) is 4.99 Å². The Hall–Kier alpha value is -1.000. The summed E-state index contributed by atoms with van der Waals surface area (Å²) >= 11 is 7.69. The monoisotopic (exact) mass is 520 g/mol. The van der Waals surface area contributed by atoms with Crippen LogP contribution in [-0.2, 0) is 19.5 Å². The fourth-order valence-corrected chi connectivity index (χ4v) is 3.82.